The van der Waals surface area contributed by atoms with Crippen LogP contribution in [0.4, 0.5) is 0 Å². The molecule has 0 bridgehead atoms. The Bertz CT molecular complexity index is 809. The highest BCUT2D eigenvalue weighted by atomic mass is 16.5. The summed E-state index contributed by atoms with van der Waals surface area (Å²) in [5.74, 6) is 0.293. The Hall–Kier alpha value is -2.71. The Morgan fingerprint density at radius 1 is 1.26 bits per heavy atom. The summed E-state index contributed by atoms with van der Waals surface area (Å²) in [6, 6.07) is 7.21. The van der Waals surface area contributed by atoms with Crippen molar-refractivity contribution in [1.82, 2.24) is 20.5 Å². The molecule has 1 aliphatic rings. The minimum Gasteiger partial charge on any atom is -0.494 e. The van der Waals surface area contributed by atoms with Gasteiger partial charge in [0, 0.05) is 50.9 Å². The van der Waals surface area contributed by atoms with E-state index >= 15 is 0 Å². The average molecular weight is 430 g/mol. The van der Waals surface area contributed by atoms with Gasteiger partial charge in [0.2, 0.25) is 12.3 Å². The third kappa shape index (κ3) is 8.90. The fourth-order valence-corrected chi connectivity index (χ4v) is 3.38. The number of primary amides is 1. The van der Waals surface area contributed by atoms with Crippen LogP contribution in [0.25, 0.3) is 10.9 Å². The summed E-state index contributed by atoms with van der Waals surface area (Å²) in [7, 11) is 0. The van der Waals surface area contributed by atoms with Crippen molar-refractivity contribution in [3.63, 3.8) is 0 Å². The molecular weight excluding hydrogens is 394 g/mol. The highest BCUT2D eigenvalue weighted by molar-refractivity contribution is 6.05. The molecule has 0 radical (unpaired) electrons. The Kier molecular flexibility index (Phi) is 11.3. The van der Waals surface area contributed by atoms with E-state index in [0.29, 0.717) is 12.2 Å². The average Bonchev–Trinajstić information content (AvgIpc) is 2.80. The van der Waals surface area contributed by atoms with Crippen molar-refractivity contribution in [3.8, 4) is 5.75 Å². The Morgan fingerprint density at radius 3 is 2.77 bits per heavy atom. The number of hydrogen-bond acceptors (Lipinski definition) is 6. The van der Waals surface area contributed by atoms with E-state index < -0.39 is 5.91 Å². The summed E-state index contributed by atoms with van der Waals surface area (Å²) >= 11 is 0. The number of rotatable bonds is 11. The number of benzene rings is 1. The lowest BCUT2D eigenvalue weighted by Crippen LogP contribution is -2.43. The molecule has 31 heavy (non-hydrogen) atoms. The summed E-state index contributed by atoms with van der Waals surface area (Å²) in [5.41, 5.74) is 6.63. The van der Waals surface area contributed by atoms with Crippen LogP contribution in [-0.4, -0.2) is 68.1 Å². The normalized spacial score (nSPS) is 13.8. The van der Waals surface area contributed by atoms with Crippen LogP contribution in [0.1, 0.15) is 43.0 Å². The van der Waals surface area contributed by atoms with Crippen molar-refractivity contribution in [2.45, 2.75) is 32.6 Å². The van der Waals surface area contributed by atoms with Gasteiger partial charge in [0.15, 0.2) is 0 Å². The molecule has 3 rings (SSSR count). The molecule has 0 atom stereocenters. The van der Waals surface area contributed by atoms with Gasteiger partial charge < -0.3 is 26.0 Å². The third-order valence-corrected chi connectivity index (χ3v) is 5.08. The number of hydrogen-bond donors (Lipinski definition) is 3. The molecule has 4 N–H and O–H groups in total. The minimum atomic E-state index is -0.451. The molecule has 0 unspecified atom stereocenters. The van der Waals surface area contributed by atoms with Crippen LogP contribution >= 0.6 is 0 Å². The lowest BCUT2D eigenvalue weighted by atomic mass is 10.1. The van der Waals surface area contributed by atoms with Crippen LogP contribution in [0.3, 0.4) is 0 Å². The van der Waals surface area contributed by atoms with Gasteiger partial charge in [-0.3, -0.25) is 14.6 Å². The van der Waals surface area contributed by atoms with Gasteiger partial charge in [0.25, 0.3) is 0 Å². The Labute approximate surface area is 184 Å². The number of fused-ring (bicyclic) bond motifs is 1. The SMILES string of the molecule is CCCCCNC=O.NC(=O)c1ccnc2ccc(OCCCN3CCNCC3)cc12. The van der Waals surface area contributed by atoms with Crippen molar-refractivity contribution in [3.05, 3.63) is 36.0 Å². The second-order valence-corrected chi connectivity index (χ2v) is 7.47. The van der Waals surface area contributed by atoms with Crippen LogP contribution in [-0.2, 0) is 4.79 Å². The van der Waals surface area contributed by atoms with Crippen LogP contribution in [0.2, 0.25) is 0 Å². The fourth-order valence-electron chi connectivity index (χ4n) is 3.38. The fraction of sp³-hybridized carbons (Fsp3) is 0.522. The number of amides is 2. The number of nitrogens with one attached hydrogen (secondary N) is 2. The largest absolute Gasteiger partial charge is 0.494 e. The molecule has 1 aliphatic heterocycles. The summed E-state index contributed by atoms with van der Waals surface area (Å²) in [4.78, 5) is 27.8. The molecule has 2 aromatic rings. The molecule has 0 spiro atoms. The van der Waals surface area contributed by atoms with Gasteiger partial charge in [-0.05, 0) is 37.1 Å². The van der Waals surface area contributed by atoms with E-state index in [-0.39, 0.29) is 0 Å². The van der Waals surface area contributed by atoms with E-state index in [9.17, 15) is 9.59 Å². The zero-order valence-electron chi connectivity index (χ0n) is 18.4. The first kappa shape index (κ1) is 24.6. The van der Waals surface area contributed by atoms with Gasteiger partial charge in [-0.2, -0.15) is 0 Å². The predicted molar refractivity (Wildman–Crippen MR) is 123 cm³/mol. The van der Waals surface area contributed by atoms with Crippen molar-refractivity contribution in [2.24, 2.45) is 5.73 Å². The molecule has 8 heteroatoms. The first-order valence-corrected chi connectivity index (χ1v) is 11.1. The zero-order valence-corrected chi connectivity index (χ0v) is 18.4. The topological polar surface area (TPSA) is 110 Å². The quantitative estimate of drug-likeness (QED) is 0.372. The summed E-state index contributed by atoms with van der Waals surface area (Å²) in [6.45, 7) is 9.00. The van der Waals surface area contributed by atoms with Gasteiger partial charge in [-0.15, -0.1) is 0 Å². The number of nitrogens with zero attached hydrogens (tertiary/aromatic N) is 2. The number of ether oxygens (including phenoxy) is 1. The second kappa shape index (κ2) is 14.3. The van der Waals surface area contributed by atoms with Crippen molar-refractivity contribution < 1.29 is 14.3 Å². The van der Waals surface area contributed by atoms with Gasteiger partial charge in [-0.25, -0.2) is 0 Å². The number of carbonyl (C=O) groups excluding carboxylic acids is 2. The third-order valence-electron chi connectivity index (χ3n) is 5.08. The minimum absolute atomic E-state index is 0.451. The predicted octanol–water partition coefficient (Wildman–Crippen LogP) is 1.93. The number of pyridine rings is 1. The molecule has 170 valence electrons. The summed E-state index contributed by atoms with van der Waals surface area (Å²) < 4.78 is 5.82. The van der Waals surface area contributed by atoms with Gasteiger partial charge in [0.05, 0.1) is 17.7 Å². The summed E-state index contributed by atoms with van der Waals surface area (Å²) in [6.07, 6.45) is 6.84. The molecule has 1 saturated heterocycles. The maximum Gasteiger partial charge on any atom is 0.249 e. The van der Waals surface area contributed by atoms with E-state index in [0.717, 1.165) is 75.2 Å². The Morgan fingerprint density at radius 2 is 2.06 bits per heavy atom. The number of aromatic nitrogens is 1. The van der Waals surface area contributed by atoms with E-state index in [1.807, 2.05) is 18.2 Å². The monoisotopic (exact) mass is 429 g/mol. The number of nitrogens with two attached hydrogens (primary N) is 1. The van der Waals surface area contributed by atoms with Crippen molar-refractivity contribution in [2.75, 3.05) is 45.9 Å². The van der Waals surface area contributed by atoms with E-state index in [2.05, 4.69) is 27.4 Å². The zero-order chi connectivity index (χ0) is 22.3. The summed E-state index contributed by atoms with van der Waals surface area (Å²) in [5, 5.41) is 6.68. The first-order valence-electron chi connectivity index (χ1n) is 11.1. The molecule has 1 aromatic carbocycles. The lowest BCUT2D eigenvalue weighted by Gasteiger charge is -2.26. The molecule has 1 aromatic heterocycles. The smallest absolute Gasteiger partial charge is 0.249 e. The van der Waals surface area contributed by atoms with Crippen LogP contribution in [0.15, 0.2) is 30.5 Å². The molecule has 0 aliphatic carbocycles. The number of carbonyl (C=O) groups is 2. The van der Waals surface area contributed by atoms with Gasteiger partial charge >= 0.3 is 0 Å². The molecule has 0 saturated carbocycles. The second-order valence-electron chi connectivity index (χ2n) is 7.47. The molecule has 2 amide bonds. The lowest BCUT2D eigenvalue weighted by molar-refractivity contribution is -0.109. The van der Waals surface area contributed by atoms with Crippen LogP contribution in [0.5, 0.6) is 5.75 Å². The van der Waals surface area contributed by atoms with Crippen LogP contribution < -0.4 is 21.1 Å². The maximum atomic E-state index is 11.5. The van der Waals surface area contributed by atoms with Crippen molar-refractivity contribution in [1.29, 1.82) is 0 Å². The molecular formula is C23H35N5O3. The number of unbranched alkanes of at least 4 members (excludes halogenated alkanes) is 2. The highest BCUT2D eigenvalue weighted by Crippen LogP contribution is 2.22. The van der Waals surface area contributed by atoms with Crippen LogP contribution in [0, 0.1) is 0 Å². The standard InChI is InChI=1S/C17H22N4O2.C6H13NO/c18-17(22)14-4-5-20-16-3-2-13(12-15(14)16)23-11-1-8-21-9-6-19-7-10-21;1-2-3-4-5-7-6-8/h2-5,12,19H,1,6-11H2,(H2,18,22);6H,2-5H2,1H3,(H,7,8). The molecule has 8 nitrogen and oxygen atoms in total. The van der Waals surface area contributed by atoms with Gasteiger partial charge in [0.1, 0.15) is 5.75 Å². The van der Waals surface area contributed by atoms with Crippen molar-refractivity contribution >= 4 is 23.2 Å². The van der Waals surface area contributed by atoms with Gasteiger partial charge in [-0.1, -0.05) is 19.8 Å². The molecule has 2 heterocycles. The van der Waals surface area contributed by atoms with E-state index in [1.54, 1.807) is 12.3 Å². The Balaban J connectivity index is 0.000000366. The molecule has 1 fully saturated rings. The van der Waals surface area contributed by atoms with E-state index in [1.165, 1.54) is 12.8 Å². The maximum absolute atomic E-state index is 11.5. The first-order chi connectivity index (χ1) is 15.2. The van der Waals surface area contributed by atoms with E-state index in [4.69, 9.17) is 10.5 Å². The number of piperazine rings is 1. The highest BCUT2D eigenvalue weighted by Gasteiger charge is 2.10.